The van der Waals surface area contributed by atoms with Crippen LogP contribution in [0.4, 0.5) is 5.69 Å². The van der Waals surface area contributed by atoms with Gasteiger partial charge in [0.1, 0.15) is 5.75 Å². The van der Waals surface area contributed by atoms with Gasteiger partial charge in [-0.3, -0.25) is 0 Å². The smallest absolute Gasteiger partial charge is 0.139 e. The lowest BCUT2D eigenvalue weighted by Gasteiger charge is -2.38. The monoisotopic (exact) mass is 263 g/mol. The summed E-state index contributed by atoms with van der Waals surface area (Å²) < 4.78 is 0. The fraction of sp³-hybridized carbons (Fsp3) is 0.625. The van der Waals surface area contributed by atoms with Gasteiger partial charge in [-0.1, -0.05) is 25.0 Å². The molecular formula is C16H25NO2. The third-order valence-electron chi connectivity index (χ3n) is 4.38. The molecule has 0 bridgehead atoms. The maximum absolute atomic E-state index is 10.5. The van der Waals surface area contributed by atoms with E-state index in [1.54, 1.807) is 6.07 Å². The Hall–Kier alpha value is -1.22. The van der Waals surface area contributed by atoms with Crippen molar-refractivity contribution >= 4 is 5.69 Å². The van der Waals surface area contributed by atoms with Gasteiger partial charge < -0.3 is 15.1 Å². The maximum Gasteiger partial charge on any atom is 0.139 e. The van der Waals surface area contributed by atoms with Crippen LogP contribution in [0.15, 0.2) is 18.2 Å². The van der Waals surface area contributed by atoms with Crippen LogP contribution in [-0.4, -0.2) is 29.9 Å². The van der Waals surface area contributed by atoms with Crippen LogP contribution in [0, 0.1) is 5.92 Å². The van der Waals surface area contributed by atoms with E-state index in [2.05, 4.69) is 6.07 Å². The van der Waals surface area contributed by atoms with Gasteiger partial charge in [-0.15, -0.1) is 0 Å². The van der Waals surface area contributed by atoms with Gasteiger partial charge in [-0.2, -0.15) is 0 Å². The molecule has 0 amide bonds. The zero-order chi connectivity index (χ0) is 14.0. The Labute approximate surface area is 115 Å². The van der Waals surface area contributed by atoms with Gasteiger partial charge >= 0.3 is 0 Å². The van der Waals surface area contributed by atoms with Crippen molar-refractivity contribution in [2.24, 2.45) is 5.92 Å². The number of benzene rings is 1. The Morgan fingerprint density at radius 1 is 1.32 bits per heavy atom. The highest BCUT2D eigenvalue weighted by Gasteiger charge is 2.34. The van der Waals surface area contributed by atoms with Crippen LogP contribution in [0.25, 0.3) is 0 Å². The predicted molar refractivity (Wildman–Crippen MR) is 78.7 cm³/mol. The zero-order valence-electron chi connectivity index (χ0n) is 12.2. The van der Waals surface area contributed by atoms with E-state index in [1.165, 1.54) is 6.42 Å². The minimum Gasteiger partial charge on any atom is -0.506 e. The summed E-state index contributed by atoms with van der Waals surface area (Å²) in [5.41, 5.74) is 1.42. The molecular weight excluding hydrogens is 238 g/mol. The Kier molecular flexibility index (Phi) is 4.04. The first-order chi connectivity index (χ1) is 8.92. The summed E-state index contributed by atoms with van der Waals surface area (Å²) in [4.78, 5) is 1.95. The van der Waals surface area contributed by atoms with Gasteiger partial charge in [0.15, 0.2) is 0 Å². The summed E-state index contributed by atoms with van der Waals surface area (Å²) in [7, 11) is 3.88. The second-order valence-corrected chi connectivity index (χ2v) is 6.18. The van der Waals surface area contributed by atoms with E-state index in [-0.39, 0.29) is 5.92 Å². The van der Waals surface area contributed by atoms with Crippen LogP contribution in [0.5, 0.6) is 5.75 Å². The second-order valence-electron chi connectivity index (χ2n) is 6.18. The molecule has 0 aromatic heterocycles. The number of nitrogens with zero attached hydrogens (tertiary/aromatic N) is 1. The lowest BCUT2D eigenvalue weighted by molar-refractivity contribution is -0.0313. The van der Waals surface area contributed by atoms with Crippen LogP contribution < -0.4 is 4.90 Å². The highest BCUT2D eigenvalue weighted by Crippen LogP contribution is 2.39. The highest BCUT2D eigenvalue weighted by atomic mass is 16.3. The largest absolute Gasteiger partial charge is 0.506 e. The summed E-state index contributed by atoms with van der Waals surface area (Å²) >= 11 is 0. The molecule has 1 saturated carbocycles. The Morgan fingerprint density at radius 3 is 2.68 bits per heavy atom. The lowest BCUT2D eigenvalue weighted by Crippen LogP contribution is -2.38. The quantitative estimate of drug-likeness (QED) is 0.881. The minimum atomic E-state index is -0.576. The molecule has 1 aliphatic carbocycles. The van der Waals surface area contributed by atoms with Gasteiger partial charge in [-0.25, -0.2) is 0 Å². The SMILES string of the molecule is CN(C)c1c(O)cccc1CC1CCCCC1(C)O. The summed E-state index contributed by atoms with van der Waals surface area (Å²) in [6.45, 7) is 1.95. The number of anilines is 1. The van der Waals surface area contributed by atoms with Crippen molar-refractivity contribution in [1.29, 1.82) is 0 Å². The molecule has 0 heterocycles. The van der Waals surface area contributed by atoms with E-state index in [9.17, 15) is 10.2 Å². The Balaban J connectivity index is 2.26. The van der Waals surface area contributed by atoms with E-state index in [0.717, 1.165) is 36.9 Å². The Bertz CT molecular complexity index is 440. The molecule has 1 aromatic carbocycles. The van der Waals surface area contributed by atoms with Gasteiger partial charge in [0.2, 0.25) is 0 Å². The summed E-state index contributed by atoms with van der Waals surface area (Å²) in [5, 5.41) is 20.5. The average molecular weight is 263 g/mol. The molecule has 2 unspecified atom stereocenters. The van der Waals surface area contributed by atoms with Crippen LogP contribution in [0.3, 0.4) is 0 Å². The van der Waals surface area contributed by atoms with Crippen molar-refractivity contribution in [3.05, 3.63) is 23.8 Å². The van der Waals surface area contributed by atoms with E-state index in [1.807, 2.05) is 32.0 Å². The number of rotatable bonds is 3. The number of para-hydroxylation sites is 1. The van der Waals surface area contributed by atoms with Crippen molar-refractivity contribution in [1.82, 2.24) is 0 Å². The minimum absolute atomic E-state index is 0.279. The van der Waals surface area contributed by atoms with Crippen LogP contribution >= 0.6 is 0 Å². The molecule has 0 spiro atoms. The van der Waals surface area contributed by atoms with Gasteiger partial charge in [-0.05, 0) is 43.7 Å². The van der Waals surface area contributed by atoms with E-state index >= 15 is 0 Å². The van der Waals surface area contributed by atoms with Crippen molar-refractivity contribution in [3.8, 4) is 5.75 Å². The molecule has 19 heavy (non-hydrogen) atoms. The van der Waals surface area contributed by atoms with Crippen molar-refractivity contribution in [2.75, 3.05) is 19.0 Å². The van der Waals surface area contributed by atoms with E-state index in [0.29, 0.717) is 5.75 Å². The molecule has 2 atom stereocenters. The van der Waals surface area contributed by atoms with Gasteiger partial charge in [0.05, 0.1) is 11.3 Å². The molecule has 2 rings (SSSR count). The maximum atomic E-state index is 10.5. The first-order valence-electron chi connectivity index (χ1n) is 7.12. The normalized spacial score (nSPS) is 27.3. The van der Waals surface area contributed by atoms with Crippen molar-refractivity contribution in [2.45, 2.75) is 44.6 Å². The van der Waals surface area contributed by atoms with Crippen LogP contribution in [-0.2, 0) is 6.42 Å². The fourth-order valence-electron chi connectivity index (χ4n) is 3.23. The molecule has 0 aliphatic heterocycles. The average Bonchev–Trinajstić information content (AvgIpc) is 2.31. The number of aliphatic hydroxyl groups is 1. The van der Waals surface area contributed by atoms with Crippen LogP contribution in [0.2, 0.25) is 0 Å². The first-order valence-corrected chi connectivity index (χ1v) is 7.12. The molecule has 0 saturated heterocycles. The topological polar surface area (TPSA) is 43.7 Å². The second kappa shape index (κ2) is 5.41. The molecule has 2 N–H and O–H groups in total. The molecule has 0 radical (unpaired) electrons. The number of hydrogen-bond acceptors (Lipinski definition) is 3. The van der Waals surface area contributed by atoms with E-state index < -0.39 is 5.60 Å². The third kappa shape index (κ3) is 3.03. The molecule has 1 fully saturated rings. The standard InChI is InChI=1S/C16H25NO2/c1-16(19)10-5-4-8-13(16)11-12-7-6-9-14(18)15(12)17(2)3/h6-7,9,13,18-19H,4-5,8,10-11H2,1-3H3. The van der Waals surface area contributed by atoms with E-state index in [4.69, 9.17) is 0 Å². The lowest BCUT2D eigenvalue weighted by atomic mass is 9.73. The summed E-state index contributed by atoms with van der Waals surface area (Å²) in [5.74, 6) is 0.597. The summed E-state index contributed by atoms with van der Waals surface area (Å²) in [6.07, 6.45) is 5.08. The number of aromatic hydroxyl groups is 1. The predicted octanol–water partition coefficient (Wildman–Crippen LogP) is 2.94. The molecule has 1 aromatic rings. The zero-order valence-corrected chi connectivity index (χ0v) is 12.2. The van der Waals surface area contributed by atoms with Gasteiger partial charge in [0, 0.05) is 14.1 Å². The first kappa shape index (κ1) is 14.2. The molecule has 3 heteroatoms. The third-order valence-corrected chi connectivity index (χ3v) is 4.38. The Morgan fingerprint density at radius 2 is 2.05 bits per heavy atom. The van der Waals surface area contributed by atoms with Crippen molar-refractivity contribution in [3.63, 3.8) is 0 Å². The fourth-order valence-corrected chi connectivity index (χ4v) is 3.23. The van der Waals surface area contributed by atoms with Crippen LogP contribution in [0.1, 0.15) is 38.2 Å². The number of phenolic OH excluding ortho intramolecular Hbond substituents is 1. The molecule has 106 valence electrons. The van der Waals surface area contributed by atoms with Crippen molar-refractivity contribution < 1.29 is 10.2 Å². The summed E-state index contributed by atoms with van der Waals surface area (Å²) in [6, 6.07) is 5.66. The highest BCUT2D eigenvalue weighted by molar-refractivity contribution is 5.62. The van der Waals surface area contributed by atoms with Gasteiger partial charge in [0.25, 0.3) is 0 Å². The number of hydrogen-bond donors (Lipinski definition) is 2. The molecule has 1 aliphatic rings. The number of phenols is 1. The molecule has 3 nitrogen and oxygen atoms in total.